The van der Waals surface area contributed by atoms with Crippen molar-refractivity contribution in [2.24, 2.45) is 0 Å². The first-order valence-electron chi connectivity index (χ1n) is 6.30. The number of hydrogen-bond donors (Lipinski definition) is 1. The zero-order valence-electron chi connectivity index (χ0n) is 11.4. The van der Waals surface area contributed by atoms with Crippen LogP contribution in [0.4, 0.5) is 17.1 Å². The van der Waals surface area contributed by atoms with Crippen molar-refractivity contribution in [1.29, 1.82) is 0 Å². The van der Waals surface area contributed by atoms with E-state index < -0.39 is 0 Å². The number of nitrogens with one attached hydrogen (secondary N) is 1. The SMILES string of the molecule is Cc1ccccc1[NH+]1c2ccncc2N(C)[C@@H]1C.[I-]. The first-order valence-corrected chi connectivity index (χ1v) is 6.30. The van der Waals surface area contributed by atoms with Gasteiger partial charge in [-0.3, -0.25) is 4.98 Å². The van der Waals surface area contributed by atoms with Crippen LogP contribution in [0.5, 0.6) is 0 Å². The third-order valence-electron chi connectivity index (χ3n) is 3.90. The maximum absolute atomic E-state index is 4.24. The van der Waals surface area contributed by atoms with Gasteiger partial charge in [0, 0.05) is 31.8 Å². The fourth-order valence-electron chi connectivity index (χ4n) is 2.77. The molecule has 100 valence electrons. The first kappa shape index (κ1) is 14.3. The number of hydrogen-bond acceptors (Lipinski definition) is 2. The fourth-order valence-corrected chi connectivity index (χ4v) is 2.77. The van der Waals surface area contributed by atoms with Gasteiger partial charge in [0.2, 0.25) is 0 Å². The largest absolute Gasteiger partial charge is 1.00 e. The molecule has 1 aromatic heterocycles. The molecule has 1 N–H and O–H groups in total. The number of aromatic nitrogens is 1. The van der Waals surface area contributed by atoms with Crippen molar-refractivity contribution in [2.45, 2.75) is 20.0 Å². The van der Waals surface area contributed by atoms with E-state index in [2.05, 4.69) is 61.1 Å². The molecule has 2 aromatic rings. The average molecular weight is 367 g/mol. The Labute approximate surface area is 131 Å². The van der Waals surface area contributed by atoms with E-state index >= 15 is 0 Å². The van der Waals surface area contributed by atoms with E-state index in [0.717, 1.165) is 0 Å². The molecule has 0 fully saturated rings. The van der Waals surface area contributed by atoms with Gasteiger partial charge >= 0.3 is 0 Å². The molecule has 1 unspecified atom stereocenters. The van der Waals surface area contributed by atoms with E-state index in [9.17, 15) is 0 Å². The Balaban J connectivity index is 0.00000133. The molecule has 3 nitrogen and oxygen atoms in total. The standard InChI is InChI=1S/C15H17N3.HI/c1-11-6-4-5-7-13(11)18-12(2)17(3)15-10-16-9-8-14(15)18;/h4-10,12H,1-3H3;1H/t12-;/m0./s1. The first-order chi connectivity index (χ1) is 8.70. The molecule has 0 bridgehead atoms. The average Bonchev–Trinajstić information content (AvgIpc) is 2.64. The van der Waals surface area contributed by atoms with Gasteiger partial charge in [0.05, 0.1) is 6.20 Å². The maximum Gasteiger partial charge on any atom is 0.169 e. The maximum atomic E-state index is 4.24. The second-order valence-corrected chi connectivity index (χ2v) is 4.91. The van der Waals surface area contributed by atoms with Crippen LogP contribution < -0.4 is 33.8 Å². The van der Waals surface area contributed by atoms with Crippen LogP contribution in [0.1, 0.15) is 12.5 Å². The van der Waals surface area contributed by atoms with Gasteiger partial charge < -0.3 is 28.9 Å². The van der Waals surface area contributed by atoms with Crippen LogP contribution in [-0.4, -0.2) is 18.2 Å². The van der Waals surface area contributed by atoms with E-state index in [1.54, 1.807) is 0 Å². The van der Waals surface area contributed by atoms with Gasteiger partial charge in [-0.05, 0) is 13.0 Å². The third-order valence-corrected chi connectivity index (χ3v) is 3.90. The molecule has 0 saturated carbocycles. The van der Waals surface area contributed by atoms with Crippen LogP contribution in [0.25, 0.3) is 0 Å². The molecule has 1 aromatic carbocycles. The fraction of sp³-hybridized carbons (Fsp3) is 0.267. The Morgan fingerprint density at radius 3 is 2.63 bits per heavy atom. The number of pyridine rings is 1. The molecule has 3 rings (SSSR count). The van der Waals surface area contributed by atoms with Crippen molar-refractivity contribution >= 4 is 17.1 Å². The highest BCUT2D eigenvalue weighted by molar-refractivity contribution is 5.66. The number of anilines is 1. The van der Waals surface area contributed by atoms with Gasteiger partial charge in [-0.15, -0.1) is 0 Å². The molecule has 2 atom stereocenters. The Hall–Kier alpha value is -1.14. The number of para-hydroxylation sites is 1. The molecule has 1 aliphatic rings. The molecule has 0 radical (unpaired) electrons. The van der Waals surface area contributed by atoms with Crippen molar-refractivity contribution in [3.8, 4) is 0 Å². The number of fused-ring (bicyclic) bond motifs is 1. The highest BCUT2D eigenvalue weighted by Crippen LogP contribution is 2.29. The third kappa shape index (κ3) is 2.23. The summed E-state index contributed by atoms with van der Waals surface area (Å²) in [5, 5.41) is 0. The zero-order valence-corrected chi connectivity index (χ0v) is 13.5. The van der Waals surface area contributed by atoms with Crippen LogP contribution in [0.2, 0.25) is 0 Å². The monoisotopic (exact) mass is 367 g/mol. The second kappa shape index (κ2) is 5.46. The van der Waals surface area contributed by atoms with Gasteiger partial charge in [0.1, 0.15) is 11.4 Å². The molecule has 0 saturated heterocycles. The van der Waals surface area contributed by atoms with Crippen LogP contribution in [0.15, 0.2) is 42.7 Å². The minimum atomic E-state index is 0. The van der Waals surface area contributed by atoms with Crippen molar-refractivity contribution in [3.05, 3.63) is 48.3 Å². The van der Waals surface area contributed by atoms with Crippen LogP contribution >= 0.6 is 0 Å². The lowest BCUT2D eigenvalue weighted by Gasteiger charge is -2.22. The normalized spacial score (nSPS) is 20.9. The quantitative estimate of drug-likeness (QED) is 0.656. The number of nitrogens with zero attached hydrogens (tertiary/aromatic N) is 2. The molecule has 4 heteroatoms. The minimum absolute atomic E-state index is 0. The smallest absolute Gasteiger partial charge is 0.169 e. The van der Waals surface area contributed by atoms with Crippen LogP contribution in [-0.2, 0) is 0 Å². The summed E-state index contributed by atoms with van der Waals surface area (Å²) in [6.45, 7) is 4.43. The Kier molecular flexibility index (Phi) is 4.10. The van der Waals surface area contributed by atoms with Gasteiger partial charge in [-0.2, -0.15) is 0 Å². The molecule has 1 aliphatic heterocycles. The number of aryl methyl sites for hydroxylation is 1. The van der Waals surface area contributed by atoms with Crippen LogP contribution in [0.3, 0.4) is 0 Å². The van der Waals surface area contributed by atoms with Crippen molar-refractivity contribution in [2.75, 3.05) is 11.9 Å². The lowest BCUT2D eigenvalue weighted by Crippen LogP contribution is -3.06. The van der Waals surface area contributed by atoms with E-state index in [1.165, 1.54) is 27.5 Å². The molecule has 0 spiro atoms. The van der Waals surface area contributed by atoms with Crippen molar-refractivity contribution in [1.82, 2.24) is 4.98 Å². The summed E-state index contributed by atoms with van der Waals surface area (Å²) in [5.41, 5.74) is 5.22. The summed E-state index contributed by atoms with van der Waals surface area (Å²) in [7, 11) is 2.14. The van der Waals surface area contributed by atoms with Gasteiger partial charge in [0.25, 0.3) is 0 Å². The number of quaternary nitrogens is 1. The van der Waals surface area contributed by atoms with Gasteiger partial charge in [-0.25, -0.2) is 4.90 Å². The van der Waals surface area contributed by atoms with E-state index in [0.29, 0.717) is 6.17 Å². The summed E-state index contributed by atoms with van der Waals surface area (Å²) in [6, 6.07) is 10.7. The van der Waals surface area contributed by atoms with E-state index in [-0.39, 0.29) is 24.0 Å². The highest BCUT2D eigenvalue weighted by Gasteiger charge is 2.37. The predicted octanol–water partition coefficient (Wildman–Crippen LogP) is -0.962. The number of halogens is 1. The van der Waals surface area contributed by atoms with E-state index in [4.69, 9.17) is 0 Å². The molecule has 0 aliphatic carbocycles. The lowest BCUT2D eigenvalue weighted by atomic mass is 10.1. The topological polar surface area (TPSA) is 20.6 Å². The predicted molar refractivity (Wildman–Crippen MR) is 73.6 cm³/mol. The molecule has 0 amide bonds. The zero-order chi connectivity index (χ0) is 12.7. The summed E-state index contributed by atoms with van der Waals surface area (Å²) >= 11 is 0. The summed E-state index contributed by atoms with van der Waals surface area (Å²) in [5.74, 6) is 0. The molecular formula is C15H18IN3. The van der Waals surface area contributed by atoms with Crippen molar-refractivity contribution in [3.63, 3.8) is 0 Å². The van der Waals surface area contributed by atoms with Crippen LogP contribution in [0, 0.1) is 6.92 Å². The molecule has 2 heterocycles. The summed E-state index contributed by atoms with van der Waals surface area (Å²) in [4.78, 5) is 7.94. The Morgan fingerprint density at radius 2 is 1.89 bits per heavy atom. The molecular weight excluding hydrogens is 349 g/mol. The summed E-state index contributed by atoms with van der Waals surface area (Å²) < 4.78 is 0. The Morgan fingerprint density at radius 1 is 1.16 bits per heavy atom. The Bertz CT molecular complexity index is 585. The van der Waals surface area contributed by atoms with E-state index in [1.807, 2.05) is 12.4 Å². The molecule has 19 heavy (non-hydrogen) atoms. The van der Waals surface area contributed by atoms with Crippen molar-refractivity contribution < 1.29 is 28.9 Å². The second-order valence-electron chi connectivity index (χ2n) is 4.91. The summed E-state index contributed by atoms with van der Waals surface area (Å²) in [6.07, 6.45) is 4.23. The number of rotatable bonds is 1. The highest BCUT2D eigenvalue weighted by atomic mass is 127. The lowest BCUT2D eigenvalue weighted by molar-refractivity contribution is -0.780. The minimum Gasteiger partial charge on any atom is -1.00 e. The van der Waals surface area contributed by atoms with Gasteiger partial charge in [-0.1, -0.05) is 18.2 Å². The van der Waals surface area contributed by atoms with Gasteiger partial charge in [0.15, 0.2) is 11.9 Å². The number of benzene rings is 1.